The Hall–Kier alpha value is -3.57. The topological polar surface area (TPSA) is 74.7 Å². The zero-order valence-corrected chi connectivity index (χ0v) is 17.7. The molecular formula is C25H21ClN2O3. The first-order chi connectivity index (χ1) is 15.0. The van der Waals surface area contributed by atoms with E-state index in [1.807, 2.05) is 60.7 Å². The quantitative estimate of drug-likeness (QED) is 0.298. The Morgan fingerprint density at radius 1 is 1.06 bits per heavy atom. The number of nitrogens with one attached hydrogen (secondary N) is 1. The molecule has 0 aliphatic carbocycles. The number of H-pyrrole nitrogens is 1. The van der Waals surface area contributed by atoms with Gasteiger partial charge in [0, 0.05) is 16.0 Å². The van der Waals surface area contributed by atoms with Gasteiger partial charge in [-0.3, -0.25) is 4.79 Å². The number of rotatable bonds is 6. The molecule has 31 heavy (non-hydrogen) atoms. The molecule has 0 aliphatic rings. The highest BCUT2D eigenvalue weighted by Crippen LogP contribution is 2.32. The number of aliphatic imine (C=N–C) groups is 1. The van der Waals surface area contributed by atoms with E-state index < -0.39 is 0 Å². The summed E-state index contributed by atoms with van der Waals surface area (Å²) in [5.41, 5.74) is 4.38. The molecule has 0 bridgehead atoms. The number of nitrogens with zero attached hydrogens (tertiary/aromatic N) is 1. The second kappa shape index (κ2) is 9.06. The van der Waals surface area contributed by atoms with Crippen molar-refractivity contribution in [1.29, 1.82) is 0 Å². The van der Waals surface area contributed by atoms with Crippen LogP contribution in [0.5, 0.6) is 5.88 Å². The lowest BCUT2D eigenvalue weighted by atomic mass is 10.0. The maximum Gasteiger partial charge on any atom is 0.310 e. The molecule has 3 aromatic carbocycles. The van der Waals surface area contributed by atoms with Crippen LogP contribution < -0.4 is 0 Å². The Kier molecular flexibility index (Phi) is 6.05. The van der Waals surface area contributed by atoms with Crippen molar-refractivity contribution in [2.45, 2.75) is 13.3 Å². The van der Waals surface area contributed by atoms with E-state index in [2.05, 4.69) is 4.98 Å². The summed E-state index contributed by atoms with van der Waals surface area (Å²) in [5.74, 6) is -0.232. The molecule has 0 fully saturated rings. The number of esters is 1. The van der Waals surface area contributed by atoms with Gasteiger partial charge in [0.25, 0.3) is 0 Å². The first kappa shape index (κ1) is 20.7. The largest absolute Gasteiger partial charge is 0.494 e. The molecule has 5 nitrogen and oxygen atoms in total. The number of hydrogen-bond acceptors (Lipinski definition) is 4. The highest BCUT2D eigenvalue weighted by atomic mass is 35.5. The fourth-order valence-electron chi connectivity index (χ4n) is 3.45. The smallest absolute Gasteiger partial charge is 0.310 e. The average Bonchev–Trinajstić information content (AvgIpc) is 3.08. The van der Waals surface area contributed by atoms with Gasteiger partial charge < -0.3 is 14.8 Å². The number of carbonyl (C=O) groups excluding carboxylic acids is 1. The van der Waals surface area contributed by atoms with E-state index in [0.29, 0.717) is 28.6 Å². The normalized spacial score (nSPS) is 11.6. The van der Waals surface area contributed by atoms with Crippen LogP contribution in [0.4, 0.5) is 5.69 Å². The number of aromatic hydroxyl groups is 1. The molecule has 6 heteroatoms. The van der Waals surface area contributed by atoms with Crippen LogP contribution in [0.2, 0.25) is 5.02 Å². The molecule has 0 radical (unpaired) electrons. The highest BCUT2D eigenvalue weighted by Gasteiger charge is 2.18. The molecule has 0 aliphatic heterocycles. The van der Waals surface area contributed by atoms with Gasteiger partial charge in [0.1, 0.15) is 0 Å². The molecule has 0 amide bonds. The molecule has 4 rings (SSSR count). The fourth-order valence-corrected chi connectivity index (χ4v) is 3.62. The zero-order chi connectivity index (χ0) is 21.8. The number of hydrogen-bond donors (Lipinski definition) is 2. The summed E-state index contributed by atoms with van der Waals surface area (Å²) in [6, 6.07) is 22.5. The van der Waals surface area contributed by atoms with E-state index in [1.54, 1.807) is 19.1 Å². The first-order valence-corrected chi connectivity index (χ1v) is 10.3. The molecule has 156 valence electrons. The molecule has 0 atom stereocenters. The third-order valence-electron chi connectivity index (χ3n) is 4.86. The summed E-state index contributed by atoms with van der Waals surface area (Å²) in [5, 5.41) is 12.1. The standard InChI is InChI=1S/C25H21ClN2O3/c1-2-31-22(29)14-16-8-11-19(12-9-16)27-24(17-6-4-3-5-7-17)23-20-13-10-18(26)15-21(20)28-25(23)30/h3-13,15,28,30H,2,14H2,1H3. The Labute approximate surface area is 185 Å². The minimum atomic E-state index is -0.258. The van der Waals surface area contributed by atoms with E-state index >= 15 is 0 Å². The van der Waals surface area contributed by atoms with Crippen LogP contribution in [0, 0.1) is 0 Å². The van der Waals surface area contributed by atoms with Crippen molar-refractivity contribution in [3.8, 4) is 5.88 Å². The zero-order valence-electron chi connectivity index (χ0n) is 16.9. The third kappa shape index (κ3) is 4.62. The lowest BCUT2D eigenvalue weighted by molar-refractivity contribution is -0.142. The van der Waals surface area contributed by atoms with E-state index in [4.69, 9.17) is 21.3 Å². The van der Waals surface area contributed by atoms with Gasteiger partial charge >= 0.3 is 5.97 Å². The van der Waals surface area contributed by atoms with E-state index in [1.165, 1.54) is 0 Å². The van der Waals surface area contributed by atoms with Gasteiger partial charge in [-0.25, -0.2) is 4.99 Å². The number of carbonyl (C=O) groups is 1. The summed E-state index contributed by atoms with van der Waals surface area (Å²) in [6.45, 7) is 2.15. The highest BCUT2D eigenvalue weighted by molar-refractivity contribution is 6.31. The monoisotopic (exact) mass is 432 g/mol. The summed E-state index contributed by atoms with van der Waals surface area (Å²) in [6.07, 6.45) is 0.216. The molecule has 0 saturated carbocycles. The molecule has 2 N–H and O–H groups in total. The Morgan fingerprint density at radius 2 is 1.81 bits per heavy atom. The van der Waals surface area contributed by atoms with Crippen LogP contribution in [0.3, 0.4) is 0 Å². The van der Waals surface area contributed by atoms with Crippen molar-refractivity contribution in [3.63, 3.8) is 0 Å². The Bertz CT molecular complexity index is 1250. The second-order valence-electron chi connectivity index (χ2n) is 7.01. The maximum atomic E-state index is 11.7. The number of aromatic nitrogens is 1. The molecule has 4 aromatic rings. The predicted octanol–water partition coefficient (Wildman–Crippen LogP) is 5.80. The van der Waals surface area contributed by atoms with Gasteiger partial charge in [-0.1, -0.05) is 60.1 Å². The van der Waals surface area contributed by atoms with Crippen molar-refractivity contribution in [2.75, 3.05) is 6.61 Å². The lowest BCUT2D eigenvalue weighted by Gasteiger charge is -2.08. The number of ether oxygens (including phenoxy) is 1. The first-order valence-electron chi connectivity index (χ1n) is 9.94. The molecule has 1 aromatic heterocycles. The third-order valence-corrected chi connectivity index (χ3v) is 5.09. The van der Waals surface area contributed by atoms with E-state index in [-0.39, 0.29) is 18.3 Å². The molecule has 0 unspecified atom stereocenters. The minimum Gasteiger partial charge on any atom is -0.494 e. The lowest BCUT2D eigenvalue weighted by Crippen LogP contribution is -2.07. The summed E-state index contributed by atoms with van der Waals surface area (Å²) < 4.78 is 5.00. The van der Waals surface area contributed by atoms with Gasteiger partial charge in [-0.15, -0.1) is 0 Å². The van der Waals surface area contributed by atoms with E-state index in [0.717, 1.165) is 22.0 Å². The van der Waals surface area contributed by atoms with Gasteiger partial charge in [0.05, 0.1) is 35.5 Å². The predicted molar refractivity (Wildman–Crippen MR) is 123 cm³/mol. The Balaban J connectivity index is 1.78. The van der Waals surface area contributed by atoms with Gasteiger partial charge in [-0.05, 0) is 36.8 Å². The van der Waals surface area contributed by atoms with E-state index in [9.17, 15) is 9.90 Å². The minimum absolute atomic E-state index is 0.0267. The molecular weight excluding hydrogens is 412 g/mol. The van der Waals surface area contributed by atoms with Crippen molar-refractivity contribution in [1.82, 2.24) is 4.98 Å². The van der Waals surface area contributed by atoms with Crippen molar-refractivity contribution in [3.05, 3.63) is 94.5 Å². The SMILES string of the molecule is CCOC(=O)Cc1ccc(N=C(c2ccccc2)c2c(O)[nH]c3cc(Cl)ccc23)cc1. The fraction of sp³-hybridized carbons (Fsp3) is 0.120. The average molecular weight is 433 g/mol. The van der Waals surface area contributed by atoms with Crippen molar-refractivity contribution >= 4 is 39.9 Å². The number of fused-ring (bicyclic) bond motifs is 1. The van der Waals surface area contributed by atoms with Crippen molar-refractivity contribution < 1.29 is 14.6 Å². The van der Waals surface area contributed by atoms with Crippen LogP contribution >= 0.6 is 11.6 Å². The Morgan fingerprint density at radius 3 is 2.52 bits per heavy atom. The number of aromatic amines is 1. The van der Waals surface area contributed by atoms with Crippen LogP contribution in [0.1, 0.15) is 23.6 Å². The summed E-state index contributed by atoms with van der Waals surface area (Å²) in [7, 11) is 0. The van der Waals surface area contributed by atoms with Gasteiger partial charge in [0.2, 0.25) is 0 Å². The maximum absolute atomic E-state index is 11.7. The molecule has 0 saturated heterocycles. The summed E-state index contributed by atoms with van der Waals surface area (Å²) >= 11 is 6.11. The molecule has 1 heterocycles. The second-order valence-corrected chi connectivity index (χ2v) is 7.45. The number of halogens is 1. The van der Waals surface area contributed by atoms with Crippen LogP contribution in [-0.4, -0.2) is 28.4 Å². The van der Waals surface area contributed by atoms with Gasteiger partial charge in [-0.2, -0.15) is 0 Å². The van der Waals surface area contributed by atoms with Crippen molar-refractivity contribution in [2.24, 2.45) is 4.99 Å². The van der Waals surface area contributed by atoms with Crippen LogP contribution in [-0.2, 0) is 16.0 Å². The van der Waals surface area contributed by atoms with Crippen LogP contribution in [0.15, 0.2) is 77.8 Å². The van der Waals surface area contributed by atoms with Crippen LogP contribution in [0.25, 0.3) is 10.9 Å². The van der Waals surface area contributed by atoms with Gasteiger partial charge in [0.15, 0.2) is 5.88 Å². The summed E-state index contributed by atoms with van der Waals surface area (Å²) in [4.78, 5) is 19.5. The number of benzene rings is 3. The molecule has 0 spiro atoms.